The molecule has 0 fully saturated rings. The van der Waals surface area contributed by atoms with E-state index in [1.54, 1.807) is 10.9 Å². The summed E-state index contributed by atoms with van der Waals surface area (Å²) in [6.45, 7) is 0. The molecular weight excluding hydrogens is 278 g/mol. The molecule has 0 saturated carbocycles. The van der Waals surface area contributed by atoms with Gasteiger partial charge in [0, 0.05) is 36.3 Å². The molecule has 6 nitrogen and oxygen atoms in total. The molecule has 4 aromatic rings. The minimum Gasteiger partial charge on any atom is -0.311 e. The zero-order valence-corrected chi connectivity index (χ0v) is 11.9. The van der Waals surface area contributed by atoms with E-state index >= 15 is 0 Å². The largest absolute Gasteiger partial charge is 0.311 e. The molecule has 22 heavy (non-hydrogen) atoms. The van der Waals surface area contributed by atoms with Gasteiger partial charge in [0.15, 0.2) is 0 Å². The molecule has 3 aromatic heterocycles. The molecule has 1 N–H and O–H groups in total. The first kappa shape index (κ1) is 12.6. The Labute approximate surface area is 125 Å². The van der Waals surface area contributed by atoms with E-state index in [2.05, 4.69) is 15.1 Å². The smallest absolute Gasteiger partial charge is 0.275 e. The van der Waals surface area contributed by atoms with E-state index in [1.165, 1.54) is 6.33 Å². The topological polar surface area (TPSA) is 68.5 Å². The first-order chi connectivity index (χ1) is 10.7. The molecule has 108 valence electrons. The molecule has 0 amide bonds. The molecule has 0 spiro atoms. The molecule has 0 unspecified atom stereocenters. The van der Waals surface area contributed by atoms with Crippen molar-refractivity contribution in [2.75, 3.05) is 0 Å². The zero-order chi connectivity index (χ0) is 15.1. The predicted molar refractivity (Wildman–Crippen MR) is 83.9 cm³/mol. The van der Waals surface area contributed by atoms with E-state index < -0.39 is 0 Å². The second-order valence-corrected chi connectivity index (χ2v) is 5.08. The molecule has 0 aliphatic heterocycles. The highest BCUT2D eigenvalue weighted by molar-refractivity contribution is 5.93. The Kier molecular flexibility index (Phi) is 2.69. The lowest BCUT2D eigenvalue weighted by Gasteiger charge is -2.03. The minimum absolute atomic E-state index is 0.163. The third-order valence-corrected chi connectivity index (χ3v) is 3.63. The minimum atomic E-state index is -0.163. The highest BCUT2D eigenvalue weighted by Gasteiger charge is 2.16. The van der Waals surface area contributed by atoms with Gasteiger partial charge in [0.2, 0.25) is 0 Å². The number of benzene rings is 1. The SMILES string of the molecule is Cn1cc(-c2cn(-c3ccccc3)c3c(=O)[nH]cnc23)cn1. The first-order valence-corrected chi connectivity index (χ1v) is 6.87. The van der Waals surface area contributed by atoms with Crippen LogP contribution in [0.4, 0.5) is 0 Å². The molecule has 0 bridgehead atoms. The second-order valence-electron chi connectivity index (χ2n) is 5.08. The van der Waals surface area contributed by atoms with Crippen LogP contribution in [0.25, 0.3) is 27.8 Å². The molecule has 0 radical (unpaired) electrons. The van der Waals surface area contributed by atoms with Gasteiger partial charge in [-0.15, -0.1) is 0 Å². The number of nitrogens with one attached hydrogen (secondary N) is 1. The van der Waals surface area contributed by atoms with Crippen LogP contribution in [0, 0.1) is 0 Å². The van der Waals surface area contributed by atoms with Crippen molar-refractivity contribution in [3.8, 4) is 16.8 Å². The Morgan fingerprint density at radius 3 is 2.68 bits per heavy atom. The number of para-hydroxylation sites is 1. The summed E-state index contributed by atoms with van der Waals surface area (Å²) >= 11 is 0. The summed E-state index contributed by atoms with van der Waals surface area (Å²) in [5, 5.41) is 4.20. The zero-order valence-electron chi connectivity index (χ0n) is 11.9. The summed E-state index contributed by atoms with van der Waals surface area (Å²) in [5.41, 5.74) is 3.77. The van der Waals surface area contributed by atoms with Crippen LogP contribution in [0.5, 0.6) is 0 Å². The third kappa shape index (κ3) is 1.85. The number of fused-ring (bicyclic) bond motifs is 1. The Morgan fingerprint density at radius 2 is 1.95 bits per heavy atom. The van der Waals surface area contributed by atoms with Crippen LogP contribution in [0.15, 0.2) is 60.0 Å². The van der Waals surface area contributed by atoms with E-state index in [4.69, 9.17) is 0 Å². The van der Waals surface area contributed by atoms with Crippen LogP contribution in [-0.4, -0.2) is 24.3 Å². The molecule has 4 rings (SSSR count). The van der Waals surface area contributed by atoms with Gasteiger partial charge in [-0.1, -0.05) is 18.2 Å². The van der Waals surface area contributed by atoms with Gasteiger partial charge in [-0.05, 0) is 12.1 Å². The quantitative estimate of drug-likeness (QED) is 0.615. The van der Waals surface area contributed by atoms with E-state index in [-0.39, 0.29) is 5.56 Å². The van der Waals surface area contributed by atoms with Crippen molar-refractivity contribution in [2.45, 2.75) is 0 Å². The fraction of sp³-hybridized carbons (Fsp3) is 0.0625. The number of H-pyrrole nitrogens is 1. The summed E-state index contributed by atoms with van der Waals surface area (Å²) in [6, 6.07) is 9.74. The van der Waals surface area contributed by atoms with Crippen LogP contribution >= 0.6 is 0 Å². The molecule has 0 atom stereocenters. The van der Waals surface area contributed by atoms with Crippen molar-refractivity contribution in [1.82, 2.24) is 24.3 Å². The molecule has 0 saturated heterocycles. The molecule has 0 aliphatic rings. The number of aromatic amines is 1. The Balaban J connectivity index is 2.08. The van der Waals surface area contributed by atoms with Crippen molar-refractivity contribution < 1.29 is 0 Å². The fourth-order valence-electron chi connectivity index (χ4n) is 2.63. The van der Waals surface area contributed by atoms with Gasteiger partial charge in [0.1, 0.15) is 11.0 Å². The first-order valence-electron chi connectivity index (χ1n) is 6.87. The summed E-state index contributed by atoms with van der Waals surface area (Å²) < 4.78 is 3.59. The van der Waals surface area contributed by atoms with Crippen molar-refractivity contribution in [3.05, 3.63) is 65.6 Å². The van der Waals surface area contributed by atoms with Crippen LogP contribution in [0.2, 0.25) is 0 Å². The number of hydrogen-bond acceptors (Lipinski definition) is 3. The lowest BCUT2D eigenvalue weighted by molar-refractivity contribution is 0.768. The van der Waals surface area contributed by atoms with Crippen molar-refractivity contribution in [2.24, 2.45) is 7.05 Å². The Morgan fingerprint density at radius 1 is 1.14 bits per heavy atom. The standard InChI is InChI=1S/C16H13N5O/c1-20-8-11(7-19-20)13-9-21(12-5-3-2-4-6-12)15-14(13)17-10-18-16(15)22/h2-10H,1H3,(H,17,18,22). The Bertz CT molecular complexity index is 1010. The van der Waals surface area contributed by atoms with Crippen LogP contribution < -0.4 is 5.56 Å². The van der Waals surface area contributed by atoms with E-state index in [0.29, 0.717) is 11.0 Å². The van der Waals surface area contributed by atoms with Crippen molar-refractivity contribution in [1.29, 1.82) is 0 Å². The van der Waals surface area contributed by atoms with Gasteiger partial charge >= 0.3 is 0 Å². The third-order valence-electron chi connectivity index (χ3n) is 3.63. The van der Waals surface area contributed by atoms with Crippen molar-refractivity contribution in [3.63, 3.8) is 0 Å². The van der Waals surface area contributed by atoms with Crippen molar-refractivity contribution >= 4 is 11.0 Å². The maximum absolute atomic E-state index is 12.3. The van der Waals surface area contributed by atoms with Gasteiger partial charge in [-0.3, -0.25) is 9.48 Å². The van der Waals surface area contributed by atoms with Gasteiger partial charge in [0.25, 0.3) is 5.56 Å². The lowest BCUT2D eigenvalue weighted by Crippen LogP contribution is -2.09. The Hall–Kier alpha value is -3.15. The van der Waals surface area contributed by atoms with Crippen LogP contribution in [-0.2, 0) is 7.05 Å². The lowest BCUT2D eigenvalue weighted by atomic mass is 10.2. The van der Waals surface area contributed by atoms with Crippen LogP contribution in [0.3, 0.4) is 0 Å². The average Bonchev–Trinajstić information content (AvgIpc) is 3.13. The van der Waals surface area contributed by atoms with Gasteiger partial charge in [-0.25, -0.2) is 4.98 Å². The molecular formula is C16H13N5O. The molecule has 6 heteroatoms. The number of aromatic nitrogens is 5. The van der Waals surface area contributed by atoms with E-state index in [1.807, 2.05) is 54.3 Å². The average molecular weight is 291 g/mol. The predicted octanol–water partition coefficient (Wildman–Crippen LogP) is 2.11. The maximum Gasteiger partial charge on any atom is 0.275 e. The van der Waals surface area contributed by atoms with Crippen LogP contribution in [0.1, 0.15) is 0 Å². The number of aryl methyl sites for hydroxylation is 1. The summed E-state index contributed by atoms with van der Waals surface area (Å²) in [6.07, 6.45) is 7.04. The summed E-state index contributed by atoms with van der Waals surface area (Å²) in [4.78, 5) is 19.3. The molecule has 3 heterocycles. The maximum atomic E-state index is 12.3. The van der Waals surface area contributed by atoms with Gasteiger partial charge in [0.05, 0.1) is 12.5 Å². The molecule has 1 aromatic carbocycles. The number of rotatable bonds is 2. The molecule has 0 aliphatic carbocycles. The van der Waals surface area contributed by atoms with E-state index in [0.717, 1.165) is 16.8 Å². The highest BCUT2D eigenvalue weighted by Crippen LogP contribution is 2.28. The second kappa shape index (κ2) is 4.70. The van der Waals surface area contributed by atoms with Gasteiger partial charge < -0.3 is 9.55 Å². The van der Waals surface area contributed by atoms with Gasteiger partial charge in [-0.2, -0.15) is 5.10 Å². The number of nitrogens with zero attached hydrogens (tertiary/aromatic N) is 4. The summed E-state index contributed by atoms with van der Waals surface area (Å²) in [5.74, 6) is 0. The number of hydrogen-bond donors (Lipinski definition) is 1. The monoisotopic (exact) mass is 291 g/mol. The fourth-order valence-corrected chi connectivity index (χ4v) is 2.63. The highest BCUT2D eigenvalue weighted by atomic mass is 16.1. The van der Waals surface area contributed by atoms with E-state index in [9.17, 15) is 4.79 Å². The normalized spacial score (nSPS) is 11.1. The summed E-state index contributed by atoms with van der Waals surface area (Å²) in [7, 11) is 1.86.